The Balaban J connectivity index is 2.62. The summed E-state index contributed by atoms with van der Waals surface area (Å²) in [6.07, 6.45) is 1.97. The second-order valence-corrected chi connectivity index (χ2v) is 1.80. The third-order valence-corrected chi connectivity index (χ3v) is 1.02. The summed E-state index contributed by atoms with van der Waals surface area (Å²) in [5, 5.41) is 1.96. The third-order valence-electron chi connectivity index (χ3n) is 0.204. The molecule has 0 aromatic heterocycles. The number of hydrogen-bond donors (Lipinski definition) is 0. The largest absolute Gasteiger partial charge is 0.167 e. The highest BCUT2D eigenvalue weighted by Crippen LogP contribution is 1.87. The quantitative estimate of drug-likeness (QED) is 0.449. The van der Waals surface area contributed by atoms with E-state index in [9.17, 15) is 0 Å². The lowest BCUT2D eigenvalue weighted by Crippen LogP contribution is -1.38. The van der Waals surface area contributed by atoms with Gasteiger partial charge < -0.3 is 0 Å². The van der Waals surface area contributed by atoms with Gasteiger partial charge in [0.2, 0.25) is 0 Å². The van der Waals surface area contributed by atoms with E-state index in [1.54, 1.807) is 0 Å². The summed E-state index contributed by atoms with van der Waals surface area (Å²) in [6.45, 7) is 1.98. The summed E-state index contributed by atoms with van der Waals surface area (Å²) in [7, 11) is 3.18. The van der Waals surface area contributed by atoms with Crippen molar-refractivity contribution >= 4 is 20.6 Å². The Morgan fingerprint density at radius 1 is 1.80 bits per heavy atom. The summed E-state index contributed by atoms with van der Waals surface area (Å²) >= 11 is 1.53. The molecule has 0 aromatic carbocycles. The summed E-state index contributed by atoms with van der Waals surface area (Å²) in [4.78, 5) is 0. The smallest absolute Gasteiger partial charge is 0.126 e. The molecule has 0 spiro atoms. The predicted octanol–water partition coefficient (Wildman–Crippen LogP) is 1.34. The van der Waals surface area contributed by atoms with Gasteiger partial charge in [0.25, 0.3) is 0 Å². The predicted molar refractivity (Wildman–Crippen MR) is 28.2 cm³/mol. The molecular weight excluding hydrogens is 96.2 g/mol. The van der Waals surface area contributed by atoms with Crippen molar-refractivity contribution in [1.82, 2.24) is 0 Å². The van der Waals surface area contributed by atoms with Crippen molar-refractivity contribution in [3.05, 3.63) is 11.5 Å². The number of hydrogen-bond acceptors (Lipinski definition) is 1. The van der Waals surface area contributed by atoms with Crippen molar-refractivity contribution in [3.63, 3.8) is 0 Å². The van der Waals surface area contributed by atoms with E-state index in [2.05, 4.69) is 9.39 Å². The minimum atomic E-state index is 1.53. The fraction of sp³-hybridized carbons (Fsp3) is 0.333. The second-order valence-electron chi connectivity index (χ2n) is 0.587. The van der Waals surface area contributed by atoms with E-state index < -0.39 is 0 Å². The van der Waals surface area contributed by atoms with Crippen LogP contribution < -0.4 is 0 Å². The molecule has 0 heterocycles. The maximum absolute atomic E-state index is 3.18. The van der Waals surface area contributed by atoms with E-state index >= 15 is 0 Å². The first kappa shape index (κ1) is 5.31. The highest BCUT2D eigenvalue weighted by Gasteiger charge is 1.52. The topological polar surface area (TPSA) is 0 Å². The van der Waals surface area contributed by atoms with Crippen LogP contribution in [0.5, 0.6) is 0 Å². The van der Waals surface area contributed by atoms with Crippen LogP contribution in [0.3, 0.4) is 0 Å². The van der Waals surface area contributed by atoms with Crippen LogP contribution in [0.25, 0.3) is 0 Å². The Morgan fingerprint density at radius 3 is 2.40 bits per heavy atom. The molecule has 0 saturated heterocycles. The highest BCUT2D eigenvalue weighted by molar-refractivity contribution is 8.22. The average Bonchev–Trinajstić information content (AvgIpc) is 1.41. The van der Waals surface area contributed by atoms with Crippen LogP contribution in [0, 0.1) is 0 Å². The zero-order valence-corrected chi connectivity index (χ0v) is 4.88. The second kappa shape index (κ2) is 4.31. The van der Waals surface area contributed by atoms with Gasteiger partial charge in [0.1, 0.15) is 9.39 Å². The summed E-state index contributed by atoms with van der Waals surface area (Å²) in [5.74, 6) is 0. The van der Waals surface area contributed by atoms with Crippen molar-refractivity contribution in [2.75, 3.05) is 0 Å². The maximum Gasteiger partial charge on any atom is 0.126 e. The molecule has 2 heteroatoms. The van der Waals surface area contributed by atoms with Gasteiger partial charge in [0, 0.05) is 0 Å². The summed E-state index contributed by atoms with van der Waals surface area (Å²) in [5.41, 5.74) is 0. The Hall–Kier alpha value is 0.307. The first-order valence-corrected chi connectivity index (χ1v) is 3.45. The molecule has 0 aromatic rings. The van der Waals surface area contributed by atoms with Crippen LogP contribution in [-0.2, 0) is 0 Å². The average molecular weight is 101 g/mol. The monoisotopic (exact) mass is 101 g/mol. The Bertz CT molecular complexity index is 33.9. The SMILES string of the molecule is CC=CS[Si]. The standard InChI is InChI=1S/C3H5SSi/c1-2-3-4-5/h2-3H,1H3. The van der Waals surface area contributed by atoms with Crippen LogP contribution in [-0.4, -0.2) is 9.39 Å². The van der Waals surface area contributed by atoms with Gasteiger partial charge in [0.15, 0.2) is 0 Å². The number of rotatable bonds is 1. The van der Waals surface area contributed by atoms with E-state index in [0.717, 1.165) is 0 Å². The molecule has 0 aliphatic carbocycles. The Morgan fingerprint density at radius 2 is 2.40 bits per heavy atom. The van der Waals surface area contributed by atoms with Crippen molar-refractivity contribution < 1.29 is 0 Å². The zero-order chi connectivity index (χ0) is 4.12. The normalized spacial score (nSPS) is 10.0. The molecule has 0 unspecified atom stereocenters. The van der Waals surface area contributed by atoms with Crippen molar-refractivity contribution in [2.45, 2.75) is 6.92 Å². The summed E-state index contributed by atoms with van der Waals surface area (Å²) in [6, 6.07) is 0. The zero-order valence-electron chi connectivity index (χ0n) is 3.06. The molecule has 0 aliphatic rings. The van der Waals surface area contributed by atoms with Gasteiger partial charge in [0.05, 0.1) is 0 Å². The molecule has 0 rings (SSSR count). The van der Waals surface area contributed by atoms with Gasteiger partial charge >= 0.3 is 0 Å². The van der Waals surface area contributed by atoms with E-state index in [0.29, 0.717) is 0 Å². The van der Waals surface area contributed by atoms with Crippen LogP contribution in [0.1, 0.15) is 6.92 Å². The molecule has 0 nitrogen and oxygen atoms in total. The lowest BCUT2D eigenvalue weighted by Gasteiger charge is -1.65. The van der Waals surface area contributed by atoms with Gasteiger partial charge in [-0.15, -0.1) is 0 Å². The fourth-order valence-corrected chi connectivity index (χ4v) is 0.612. The minimum absolute atomic E-state index is 1.53. The van der Waals surface area contributed by atoms with Crippen molar-refractivity contribution in [1.29, 1.82) is 0 Å². The molecule has 0 bridgehead atoms. The van der Waals surface area contributed by atoms with Crippen LogP contribution in [0.2, 0.25) is 0 Å². The molecular formula is C3H5SSi. The molecule has 5 heavy (non-hydrogen) atoms. The van der Waals surface area contributed by atoms with E-state index in [1.165, 1.54) is 11.2 Å². The first-order valence-electron chi connectivity index (χ1n) is 1.35. The fourth-order valence-electron chi connectivity index (χ4n) is 0.0680. The molecule has 27 valence electrons. The molecule has 0 amide bonds. The molecule has 0 fully saturated rings. The van der Waals surface area contributed by atoms with Gasteiger partial charge in [-0.25, -0.2) is 0 Å². The van der Waals surface area contributed by atoms with Gasteiger partial charge in [-0.3, -0.25) is 0 Å². The van der Waals surface area contributed by atoms with E-state index in [1.807, 2.05) is 18.4 Å². The van der Waals surface area contributed by atoms with Gasteiger partial charge in [-0.05, 0) is 12.3 Å². The van der Waals surface area contributed by atoms with Crippen LogP contribution >= 0.6 is 11.2 Å². The molecule has 0 aliphatic heterocycles. The van der Waals surface area contributed by atoms with Gasteiger partial charge in [-0.2, -0.15) is 11.2 Å². The third kappa shape index (κ3) is 4.31. The lowest BCUT2D eigenvalue weighted by molar-refractivity contribution is 1.79. The van der Waals surface area contributed by atoms with Crippen molar-refractivity contribution in [2.24, 2.45) is 0 Å². The summed E-state index contributed by atoms with van der Waals surface area (Å²) < 4.78 is 0. The van der Waals surface area contributed by atoms with Gasteiger partial charge in [-0.1, -0.05) is 6.08 Å². The van der Waals surface area contributed by atoms with E-state index in [4.69, 9.17) is 0 Å². The molecule has 3 radical (unpaired) electrons. The minimum Gasteiger partial charge on any atom is -0.167 e. The highest BCUT2D eigenvalue weighted by atomic mass is 32.4. The Labute approximate surface area is 39.7 Å². The molecule has 0 N–H and O–H groups in total. The molecule has 0 atom stereocenters. The lowest BCUT2D eigenvalue weighted by atomic mass is 10.8. The number of allylic oxidation sites excluding steroid dienone is 1. The molecule has 0 saturated carbocycles. The first-order chi connectivity index (χ1) is 2.41. The maximum atomic E-state index is 3.18. The van der Waals surface area contributed by atoms with E-state index in [-0.39, 0.29) is 0 Å². The van der Waals surface area contributed by atoms with Crippen LogP contribution in [0.4, 0.5) is 0 Å². The van der Waals surface area contributed by atoms with Crippen molar-refractivity contribution in [3.8, 4) is 0 Å². The Kier molecular flexibility index (Phi) is 4.57. The van der Waals surface area contributed by atoms with Crippen LogP contribution in [0.15, 0.2) is 11.5 Å².